The summed E-state index contributed by atoms with van der Waals surface area (Å²) in [4.78, 5) is 22.0. The van der Waals surface area contributed by atoms with Gasteiger partial charge in [0.15, 0.2) is 0 Å². The maximum absolute atomic E-state index is 12.8. The van der Waals surface area contributed by atoms with Crippen molar-refractivity contribution in [1.29, 1.82) is 0 Å². The molecular formula is C15H15FN4O. The molecule has 3 rings (SSSR count). The topological polar surface area (TPSA) is 58.1 Å². The first kappa shape index (κ1) is 13.5. The molecule has 1 saturated heterocycles. The summed E-state index contributed by atoms with van der Waals surface area (Å²) in [5, 5.41) is 3.17. The molecule has 1 aromatic heterocycles. The maximum atomic E-state index is 12.8. The summed E-state index contributed by atoms with van der Waals surface area (Å²) in [6.45, 7) is 1.27. The molecule has 0 spiro atoms. The minimum atomic E-state index is -0.290. The molecule has 108 valence electrons. The lowest BCUT2D eigenvalue weighted by atomic mass is 10.1. The van der Waals surface area contributed by atoms with Gasteiger partial charge in [-0.25, -0.2) is 14.4 Å². The molecule has 0 saturated carbocycles. The van der Waals surface area contributed by atoms with Crippen LogP contribution in [0.15, 0.2) is 42.7 Å². The van der Waals surface area contributed by atoms with E-state index in [1.165, 1.54) is 12.1 Å². The largest absolute Gasteiger partial charge is 0.348 e. The van der Waals surface area contributed by atoms with Gasteiger partial charge in [-0.05, 0) is 23.8 Å². The van der Waals surface area contributed by atoms with Gasteiger partial charge in [0.2, 0.25) is 11.9 Å². The van der Waals surface area contributed by atoms with Crippen LogP contribution in [-0.2, 0) is 11.2 Å². The van der Waals surface area contributed by atoms with Crippen molar-refractivity contribution in [2.24, 2.45) is 0 Å². The van der Waals surface area contributed by atoms with E-state index in [-0.39, 0.29) is 17.8 Å². The number of hydrogen-bond donors (Lipinski definition) is 1. The Morgan fingerprint density at radius 1 is 1.24 bits per heavy atom. The van der Waals surface area contributed by atoms with Crippen LogP contribution in [0.25, 0.3) is 0 Å². The van der Waals surface area contributed by atoms with Gasteiger partial charge in [-0.2, -0.15) is 0 Å². The van der Waals surface area contributed by atoms with Crippen LogP contribution in [-0.4, -0.2) is 39.9 Å². The Bertz CT molecular complexity index is 611. The summed E-state index contributed by atoms with van der Waals surface area (Å²) in [7, 11) is 0. The third kappa shape index (κ3) is 3.34. The fraction of sp³-hybridized carbons (Fsp3) is 0.267. The monoisotopic (exact) mass is 286 g/mol. The van der Waals surface area contributed by atoms with E-state index in [9.17, 15) is 9.18 Å². The van der Waals surface area contributed by atoms with E-state index in [1.54, 1.807) is 35.5 Å². The van der Waals surface area contributed by atoms with Crippen molar-refractivity contribution in [1.82, 2.24) is 14.9 Å². The molecule has 6 heteroatoms. The van der Waals surface area contributed by atoms with Gasteiger partial charge in [-0.1, -0.05) is 12.1 Å². The number of carbonyl (C=O) groups excluding carboxylic acids is 1. The average molecular weight is 286 g/mol. The van der Waals surface area contributed by atoms with E-state index in [2.05, 4.69) is 15.3 Å². The molecule has 0 radical (unpaired) electrons. The van der Waals surface area contributed by atoms with E-state index in [1.807, 2.05) is 0 Å². The second kappa shape index (κ2) is 5.87. The molecule has 2 aromatic rings. The van der Waals surface area contributed by atoms with Gasteiger partial charge in [0, 0.05) is 25.5 Å². The minimum Gasteiger partial charge on any atom is -0.348 e. The number of likely N-dealkylation sites (tertiary alicyclic amines) is 1. The highest BCUT2D eigenvalue weighted by atomic mass is 19.1. The zero-order valence-electron chi connectivity index (χ0n) is 11.4. The van der Waals surface area contributed by atoms with Crippen LogP contribution in [0.5, 0.6) is 0 Å². The lowest BCUT2D eigenvalue weighted by Crippen LogP contribution is -2.57. The van der Waals surface area contributed by atoms with E-state index in [4.69, 9.17) is 0 Å². The summed E-state index contributed by atoms with van der Waals surface area (Å²) in [5.41, 5.74) is 0.823. The zero-order valence-corrected chi connectivity index (χ0v) is 11.4. The van der Waals surface area contributed by atoms with Gasteiger partial charge in [0.25, 0.3) is 0 Å². The molecule has 0 aliphatic carbocycles. The first-order valence-corrected chi connectivity index (χ1v) is 6.76. The van der Waals surface area contributed by atoms with Crippen molar-refractivity contribution in [2.75, 3.05) is 18.4 Å². The molecule has 0 atom stereocenters. The highest BCUT2D eigenvalue weighted by Crippen LogP contribution is 2.14. The molecule has 0 bridgehead atoms. The number of hydrogen-bond acceptors (Lipinski definition) is 4. The normalized spacial score (nSPS) is 14.6. The summed E-state index contributed by atoms with van der Waals surface area (Å²) in [5.74, 6) is 0.337. The molecule has 1 N–H and O–H groups in total. The third-order valence-electron chi connectivity index (χ3n) is 3.40. The summed E-state index contributed by atoms with van der Waals surface area (Å²) in [6.07, 6.45) is 3.64. The number of benzene rings is 1. The van der Waals surface area contributed by atoms with Gasteiger partial charge in [-0.15, -0.1) is 0 Å². The van der Waals surface area contributed by atoms with Crippen molar-refractivity contribution in [2.45, 2.75) is 12.5 Å². The first-order chi connectivity index (χ1) is 10.2. The fourth-order valence-corrected chi connectivity index (χ4v) is 2.22. The van der Waals surface area contributed by atoms with Gasteiger partial charge >= 0.3 is 0 Å². The van der Waals surface area contributed by atoms with Crippen molar-refractivity contribution in [3.63, 3.8) is 0 Å². The number of halogens is 1. The van der Waals surface area contributed by atoms with Gasteiger partial charge in [-0.3, -0.25) is 4.79 Å². The zero-order chi connectivity index (χ0) is 14.7. The lowest BCUT2D eigenvalue weighted by molar-refractivity contribution is -0.134. The highest BCUT2D eigenvalue weighted by Gasteiger charge is 2.30. The Balaban J connectivity index is 1.47. The van der Waals surface area contributed by atoms with Crippen molar-refractivity contribution >= 4 is 11.9 Å². The van der Waals surface area contributed by atoms with Crippen LogP contribution >= 0.6 is 0 Å². The van der Waals surface area contributed by atoms with E-state index in [0.29, 0.717) is 25.5 Å². The molecule has 1 aromatic carbocycles. The summed E-state index contributed by atoms with van der Waals surface area (Å²) in [6, 6.07) is 7.96. The number of nitrogens with zero attached hydrogens (tertiary/aromatic N) is 3. The first-order valence-electron chi connectivity index (χ1n) is 6.76. The Hall–Kier alpha value is -2.50. The number of carbonyl (C=O) groups is 1. The number of rotatable bonds is 4. The Morgan fingerprint density at radius 3 is 2.57 bits per heavy atom. The van der Waals surface area contributed by atoms with Crippen LogP contribution in [0.3, 0.4) is 0 Å². The van der Waals surface area contributed by atoms with E-state index in [0.717, 1.165) is 5.56 Å². The van der Waals surface area contributed by atoms with Crippen LogP contribution in [0, 0.1) is 5.82 Å². The van der Waals surface area contributed by atoms with Gasteiger partial charge in [0.1, 0.15) is 5.82 Å². The summed E-state index contributed by atoms with van der Waals surface area (Å²) >= 11 is 0. The number of nitrogens with one attached hydrogen (secondary N) is 1. The Labute approximate surface area is 121 Å². The molecule has 21 heavy (non-hydrogen) atoms. The van der Waals surface area contributed by atoms with Crippen LogP contribution < -0.4 is 5.32 Å². The molecule has 5 nitrogen and oxygen atoms in total. The quantitative estimate of drug-likeness (QED) is 0.925. The number of aromatic nitrogens is 2. The molecule has 1 aliphatic heterocycles. The predicted molar refractivity (Wildman–Crippen MR) is 76.1 cm³/mol. The fourth-order valence-electron chi connectivity index (χ4n) is 2.22. The Kier molecular flexibility index (Phi) is 3.77. The van der Waals surface area contributed by atoms with Gasteiger partial charge in [0.05, 0.1) is 12.5 Å². The SMILES string of the molecule is O=C(Cc1ccc(F)cc1)N1CC(Nc2ncccn2)C1. The lowest BCUT2D eigenvalue weighted by Gasteiger charge is -2.39. The number of anilines is 1. The predicted octanol–water partition coefficient (Wildman–Crippen LogP) is 1.48. The second-order valence-electron chi connectivity index (χ2n) is 5.02. The van der Waals surface area contributed by atoms with Gasteiger partial charge < -0.3 is 10.2 Å². The number of amides is 1. The standard InChI is InChI=1S/C15H15FN4O/c16-12-4-2-11(3-5-12)8-14(21)20-9-13(10-20)19-15-17-6-1-7-18-15/h1-7,13H,8-10H2,(H,17,18,19). The van der Waals surface area contributed by atoms with Crippen LogP contribution in [0.2, 0.25) is 0 Å². The molecule has 1 amide bonds. The van der Waals surface area contributed by atoms with Crippen molar-refractivity contribution < 1.29 is 9.18 Å². The van der Waals surface area contributed by atoms with Crippen molar-refractivity contribution in [3.05, 3.63) is 54.1 Å². The van der Waals surface area contributed by atoms with Crippen LogP contribution in [0.4, 0.5) is 10.3 Å². The molecule has 1 aliphatic rings. The van der Waals surface area contributed by atoms with Crippen LogP contribution in [0.1, 0.15) is 5.56 Å². The van der Waals surface area contributed by atoms with E-state index >= 15 is 0 Å². The second-order valence-corrected chi connectivity index (χ2v) is 5.02. The van der Waals surface area contributed by atoms with Crippen molar-refractivity contribution in [3.8, 4) is 0 Å². The minimum absolute atomic E-state index is 0.0497. The van der Waals surface area contributed by atoms with E-state index < -0.39 is 0 Å². The average Bonchev–Trinajstić information content (AvgIpc) is 2.46. The third-order valence-corrected chi connectivity index (χ3v) is 3.40. The molecular weight excluding hydrogens is 271 g/mol. The maximum Gasteiger partial charge on any atom is 0.227 e. The highest BCUT2D eigenvalue weighted by molar-refractivity contribution is 5.79. The molecule has 1 fully saturated rings. The smallest absolute Gasteiger partial charge is 0.227 e. The summed E-state index contributed by atoms with van der Waals surface area (Å²) < 4.78 is 12.8. The molecule has 2 heterocycles. The Morgan fingerprint density at radius 2 is 1.90 bits per heavy atom. The molecule has 0 unspecified atom stereocenters.